The van der Waals surface area contributed by atoms with Crippen LogP contribution in [0.3, 0.4) is 0 Å². The van der Waals surface area contributed by atoms with E-state index in [0.29, 0.717) is 54.2 Å². The molecule has 0 saturated carbocycles. The molecule has 2 N–H and O–H groups in total. The predicted molar refractivity (Wildman–Crippen MR) is 175 cm³/mol. The Balaban J connectivity index is 1.36. The third-order valence-corrected chi connectivity index (χ3v) is 8.16. The number of pyridine rings is 3. The summed E-state index contributed by atoms with van der Waals surface area (Å²) in [5.41, 5.74) is 1.18. The molecule has 1 aromatic carbocycles. The molecule has 12 nitrogen and oxygen atoms in total. The van der Waals surface area contributed by atoms with Gasteiger partial charge in [-0.25, -0.2) is 14.4 Å². The van der Waals surface area contributed by atoms with Gasteiger partial charge >= 0.3 is 0 Å². The van der Waals surface area contributed by atoms with Gasteiger partial charge in [0.1, 0.15) is 17.3 Å². The zero-order chi connectivity index (χ0) is 33.5. The number of nitrogens with one attached hydrogen (secondary N) is 1. The van der Waals surface area contributed by atoms with E-state index in [2.05, 4.69) is 20.4 Å². The second-order valence-electron chi connectivity index (χ2n) is 12.4. The molecule has 6 rings (SSSR count). The van der Waals surface area contributed by atoms with Crippen molar-refractivity contribution in [3.63, 3.8) is 0 Å². The molecule has 47 heavy (non-hydrogen) atoms. The van der Waals surface area contributed by atoms with Gasteiger partial charge in [0, 0.05) is 55.2 Å². The number of aliphatic hydroxyl groups excluding tert-OH is 1. The Bertz CT molecular complexity index is 2110. The highest BCUT2D eigenvalue weighted by molar-refractivity contribution is 5.94. The van der Waals surface area contributed by atoms with E-state index in [1.165, 1.54) is 29.2 Å². The number of aryl methyl sites for hydroxylation is 1. The lowest BCUT2D eigenvalue weighted by Crippen LogP contribution is -2.40. The van der Waals surface area contributed by atoms with E-state index in [1.807, 2.05) is 20.8 Å². The Labute approximate surface area is 269 Å². The van der Waals surface area contributed by atoms with Crippen LogP contribution in [0, 0.1) is 5.82 Å². The van der Waals surface area contributed by atoms with Gasteiger partial charge in [-0.3, -0.25) is 14.4 Å². The van der Waals surface area contributed by atoms with Crippen LogP contribution in [-0.4, -0.2) is 66.5 Å². The van der Waals surface area contributed by atoms with E-state index < -0.39 is 18.0 Å². The van der Waals surface area contributed by atoms with Crippen molar-refractivity contribution in [2.24, 2.45) is 7.05 Å². The van der Waals surface area contributed by atoms with Crippen LogP contribution in [0.2, 0.25) is 0 Å². The summed E-state index contributed by atoms with van der Waals surface area (Å²) in [5, 5.41) is 18.1. The van der Waals surface area contributed by atoms with Crippen LogP contribution in [0.25, 0.3) is 27.7 Å². The molecule has 0 spiro atoms. The molecule has 0 radical (unpaired) electrons. The van der Waals surface area contributed by atoms with Gasteiger partial charge in [0.15, 0.2) is 5.82 Å². The fourth-order valence-electron chi connectivity index (χ4n) is 5.54. The molecule has 5 heterocycles. The van der Waals surface area contributed by atoms with Crippen LogP contribution >= 0.6 is 0 Å². The number of aliphatic hydroxyl groups is 1. The van der Waals surface area contributed by atoms with Gasteiger partial charge in [0.05, 0.1) is 37.0 Å². The van der Waals surface area contributed by atoms with E-state index in [1.54, 1.807) is 48.5 Å². The summed E-state index contributed by atoms with van der Waals surface area (Å²) < 4.78 is 23.0. The fourth-order valence-corrected chi connectivity index (χ4v) is 5.54. The van der Waals surface area contributed by atoms with Gasteiger partial charge < -0.3 is 24.6 Å². The van der Waals surface area contributed by atoms with E-state index in [-0.39, 0.29) is 39.3 Å². The molecule has 1 amide bonds. The Hall–Kier alpha value is -5.27. The molecule has 13 heteroatoms. The molecule has 242 valence electrons. The van der Waals surface area contributed by atoms with Gasteiger partial charge in [-0.15, -0.1) is 0 Å². The number of ether oxygens (including phenoxy) is 1. The van der Waals surface area contributed by atoms with Crippen molar-refractivity contribution in [3.8, 4) is 16.9 Å². The SMILES string of the molecule is Cn1cc(-c2ccnc(-n3ncc4cc(C(C)(C)C)cc(F)c4c3=O)c2CO)cc(Nc2ccc(C(=O)N3CCOCC3)cn2)c1=O. The molecule has 1 aliphatic heterocycles. The van der Waals surface area contributed by atoms with Crippen molar-refractivity contribution in [3.05, 3.63) is 104 Å². The minimum absolute atomic E-state index is 0.0294. The highest BCUT2D eigenvalue weighted by Crippen LogP contribution is 2.30. The summed E-state index contributed by atoms with van der Waals surface area (Å²) in [6.07, 6.45) is 5.90. The number of hydrogen-bond donors (Lipinski definition) is 2. The monoisotopic (exact) mass is 639 g/mol. The first-order valence-corrected chi connectivity index (χ1v) is 15.1. The summed E-state index contributed by atoms with van der Waals surface area (Å²) in [7, 11) is 1.58. The van der Waals surface area contributed by atoms with Crippen molar-refractivity contribution in [2.45, 2.75) is 32.8 Å². The quantitative estimate of drug-likeness (QED) is 0.284. The first kappa shape index (κ1) is 31.7. The number of hydrogen-bond acceptors (Lipinski definition) is 9. The summed E-state index contributed by atoms with van der Waals surface area (Å²) in [6.45, 7) is 7.32. The molecule has 1 aliphatic rings. The largest absolute Gasteiger partial charge is 0.392 e. The van der Waals surface area contributed by atoms with Crippen LogP contribution in [0.1, 0.15) is 42.3 Å². The number of rotatable bonds is 6. The molecule has 4 aromatic heterocycles. The molecular weight excluding hydrogens is 605 g/mol. The van der Waals surface area contributed by atoms with Gasteiger partial charge in [-0.1, -0.05) is 20.8 Å². The normalized spacial score (nSPS) is 13.6. The first-order valence-electron chi connectivity index (χ1n) is 15.1. The van der Waals surface area contributed by atoms with Gasteiger partial charge in [-0.05, 0) is 52.9 Å². The summed E-state index contributed by atoms with van der Waals surface area (Å²) in [6, 6.07) is 9.60. The molecule has 1 fully saturated rings. The smallest absolute Gasteiger partial charge is 0.283 e. The molecule has 0 aliphatic carbocycles. The van der Waals surface area contributed by atoms with Gasteiger partial charge in [0.2, 0.25) is 0 Å². The van der Waals surface area contributed by atoms with Crippen molar-refractivity contribution >= 4 is 28.2 Å². The number of carbonyl (C=O) groups excluding carboxylic acids is 1. The summed E-state index contributed by atoms with van der Waals surface area (Å²) in [5.74, 6) is -0.440. The molecule has 0 bridgehead atoms. The Morgan fingerprint density at radius 2 is 1.81 bits per heavy atom. The number of morpholine rings is 1. The zero-order valence-electron chi connectivity index (χ0n) is 26.5. The molecule has 0 unspecified atom stereocenters. The van der Waals surface area contributed by atoms with Gasteiger partial charge in [0.25, 0.3) is 17.0 Å². The lowest BCUT2D eigenvalue weighted by Gasteiger charge is -2.26. The van der Waals surface area contributed by atoms with Crippen LogP contribution in [-0.2, 0) is 23.8 Å². The maximum atomic E-state index is 15.3. The van der Waals surface area contributed by atoms with Crippen molar-refractivity contribution in [1.82, 2.24) is 29.2 Å². The van der Waals surface area contributed by atoms with E-state index in [4.69, 9.17) is 4.74 Å². The van der Waals surface area contributed by atoms with E-state index >= 15 is 4.39 Å². The average Bonchev–Trinajstić information content (AvgIpc) is 3.06. The van der Waals surface area contributed by atoms with Crippen molar-refractivity contribution in [2.75, 3.05) is 31.6 Å². The number of fused-ring (bicyclic) bond motifs is 1. The topological polar surface area (TPSA) is 144 Å². The minimum atomic E-state index is -0.718. The Morgan fingerprint density at radius 3 is 2.49 bits per heavy atom. The standard InChI is InChI=1S/C34H34FN7O5/c1-34(2,3)23-13-21-17-38-42(33(46)29(21)26(35)15-23)30-25(19-43)24(7-8-36-30)22-14-27(32(45)40(4)18-22)39-28-6-5-20(16-37-28)31(44)41-9-11-47-12-10-41/h5-8,13-18,43H,9-12,19H2,1-4H3,(H,37,39). The Kier molecular flexibility index (Phi) is 8.43. The second kappa shape index (κ2) is 12.5. The number of amides is 1. The van der Waals surface area contributed by atoms with E-state index in [0.717, 1.165) is 10.2 Å². The number of benzene rings is 1. The molecule has 1 saturated heterocycles. The summed E-state index contributed by atoms with van der Waals surface area (Å²) >= 11 is 0. The van der Waals surface area contributed by atoms with Crippen LogP contribution in [0.5, 0.6) is 0 Å². The third-order valence-electron chi connectivity index (χ3n) is 8.16. The zero-order valence-corrected chi connectivity index (χ0v) is 26.5. The predicted octanol–water partition coefficient (Wildman–Crippen LogP) is 3.69. The Morgan fingerprint density at radius 1 is 1.04 bits per heavy atom. The maximum Gasteiger partial charge on any atom is 0.283 e. The lowest BCUT2D eigenvalue weighted by atomic mass is 9.86. The maximum absolute atomic E-state index is 15.3. The molecular formula is C34H34FN7O5. The summed E-state index contributed by atoms with van der Waals surface area (Å²) in [4.78, 5) is 49.9. The molecule has 5 aromatic rings. The average molecular weight is 640 g/mol. The first-order chi connectivity index (χ1) is 22.5. The van der Waals surface area contributed by atoms with Gasteiger partial charge in [-0.2, -0.15) is 9.78 Å². The van der Waals surface area contributed by atoms with Crippen LogP contribution in [0.4, 0.5) is 15.9 Å². The highest BCUT2D eigenvalue weighted by Gasteiger charge is 2.22. The second-order valence-corrected chi connectivity index (χ2v) is 12.4. The highest BCUT2D eigenvalue weighted by atomic mass is 19.1. The number of nitrogens with zero attached hydrogens (tertiary/aromatic N) is 6. The number of halogens is 1. The minimum Gasteiger partial charge on any atom is -0.392 e. The third kappa shape index (κ3) is 6.14. The lowest BCUT2D eigenvalue weighted by molar-refractivity contribution is 0.0302. The van der Waals surface area contributed by atoms with Crippen LogP contribution < -0.4 is 16.4 Å². The number of anilines is 2. The molecule has 0 atom stereocenters. The number of aromatic nitrogens is 5. The number of carbonyl (C=O) groups is 1. The van der Waals surface area contributed by atoms with E-state index in [9.17, 15) is 19.5 Å². The van der Waals surface area contributed by atoms with Crippen molar-refractivity contribution in [1.29, 1.82) is 0 Å². The van der Waals surface area contributed by atoms with Crippen molar-refractivity contribution < 1.29 is 19.0 Å². The fraction of sp³-hybridized carbons (Fsp3) is 0.294. The van der Waals surface area contributed by atoms with Crippen LogP contribution in [0.15, 0.2) is 70.8 Å².